The van der Waals surface area contributed by atoms with Crippen LogP contribution in [-0.2, 0) is 4.74 Å². The number of ether oxygens (including phenoxy) is 1. The van der Waals surface area contributed by atoms with Crippen molar-refractivity contribution in [2.75, 3.05) is 13.2 Å². The van der Waals surface area contributed by atoms with E-state index in [1.807, 2.05) is 0 Å². The Kier molecular flexibility index (Phi) is 4.53. The molecule has 106 valence electrons. The first-order valence-corrected chi connectivity index (χ1v) is 6.13. The first kappa shape index (κ1) is 15.1. The molecule has 1 atom stereocenters. The Bertz CT molecular complexity index is 302. The largest absolute Gasteiger partial charge is 0.444 e. The van der Waals surface area contributed by atoms with Crippen LogP contribution in [0.25, 0.3) is 0 Å². The molecular weight excluding hydrogens is 244 g/mol. The lowest BCUT2D eigenvalue weighted by molar-refractivity contribution is -0.0827. The van der Waals surface area contributed by atoms with Crippen molar-refractivity contribution >= 4 is 6.09 Å². The number of amides is 1. The molecule has 1 aliphatic rings. The van der Waals surface area contributed by atoms with Gasteiger partial charge >= 0.3 is 6.09 Å². The SMILES string of the molecule is CC(C)(C)OC(=O)N1CCC(F)(F)C[C@H]1CCO. The summed E-state index contributed by atoms with van der Waals surface area (Å²) in [6.45, 7) is 4.92. The quantitative estimate of drug-likeness (QED) is 0.834. The highest BCUT2D eigenvalue weighted by molar-refractivity contribution is 5.68. The van der Waals surface area contributed by atoms with Crippen LogP contribution in [0, 0.1) is 0 Å². The third-order valence-corrected chi connectivity index (χ3v) is 2.78. The van der Waals surface area contributed by atoms with Gasteiger partial charge in [0.05, 0.1) is 0 Å². The van der Waals surface area contributed by atoms with Gasteiger partial charge in [0.2, 0.25) is 0 Å². The van der Waals surface area contributed by atoms with Gasteiger partial charge < -0.3 is 14.7 Å². The number of nitrogens with zero attached hydrogens (tertiary/aromatic N) is 1. The number of halogens is 2. The van der Waals surface area contributed by atoms with Gasteiger partial charge in [0.25, 0.3) is 5.92 Å². The number of carbonyl (C=O) groups excluding carboxylic acids is 1. The molecule has 0 aromatic rings. The van der Waals surface area contributed by atoms with E-state index in [1.54, 1.807) is 20.8 Å². The summed E-state index contributed by atoms with van der Waals surface area (Å²) >= 11 is 0. The number of aliphatic hydroxyl groups excluding tert-OH is 1. The van der Waals surface area contributed by atoms with E-state index in [-0.39, 0.29) is 26.0 Å². The molecule has 1 rings (SSSR count). The van der Waals surface area contributed by atoms with Crippen LogP contribution in [0.15, 0.2) is 0 Å². The van der Waals surface area contributed by atoms with Crippen LogP contribution in [0.1, 0.15) is 40.0 Å². The van der Waals surface area contributed by atoms with Crippen molar-refractivity contribution < 1.29 is 23.4 Å². The van der Waals surface area contributed by atoms with Crippen LogP contribution in [0.5, 0.6) is 0 Å². The topological polar surface area (TPSA) is 49.8 Å². The van der Waals surface area contributed by atoms with Gasteiger partial charge in [-0.3, -0.25) is 0 Å². The molecule has 0 aromatic heterocycles. The van der Waals surface area contributed by atoms with Crippen LogP contribution in [0.3, 0.4) is 0 Å². The van der Waals surface area contributed by atoms with Gasteiger partial charge in [-0.05, 0) is 27.2 Å². The summed E-state index contributed by atoms with van der Waals surface area (Å²) in [6, 6.07) is -0.659. The van der Waals surface area contributed by atoms with E-state index in [0.29, 0.717) is 0 Å². The molecule has 6 heteroatoms. The predicted molar refractivity (Wildman–Crippen MR) is 62.6 cm³/mol. The van der Waals surface area contributed by atoms with E-state index in [2.05, 4.69) is 0 Å². The summed E-state index contributed by atoms with van der Waals surface area (Å²) in [7, 11) is 0. The van der Waals surface area contributed by atoms with Crippen molar-refractivity contribution in [3.8, 4) is 0 Å². The molecule has 0 spiro atoms. The van der Waals surface area contributed by atoms with Crippen molar-refractivity contribution in [3.63, 3.8) is 0 Å². The molecule has 0 radical (unpaired) electrons. The molecule has 0 bridgehead atoms. The number of aliphatic hydroxyl groups is 1. The number of piperidine rings is 1. The second-order valence-electron chi connectivity index (χ2n) is 5.65. The monoisotopic (exact) mass is 265 g/mol. The molecule has 0 saturated carbocycles. The fourth-order valence-corrected chi connectivity index (χ4v) is 1.99. The van der Waals surface area contributed by atoms with Crippen molar-refractivity contribution in [2.45, 2.75) is 57.6 Å². The molecule has 4 nitrogen and oxygen atoms in total. The smallest absolute Gasteiger partial charge is 0.410 e. The third kappa shape index (κ3) is 4.40. The molecule has 1 fully saturated rings. The zero-order valence-corrected chi connectivity index (χ0v) is 11.1. The number of hydrogen-bond donors (Lipinski definition) is 1. The first-order chi connectivity index (χ1) is 8.14. The highest BCUT2D eigenvalue weighted by atomic mass is 19.3. The Balaban J connectivity index is 2.70. The van der Waals surface area contributed by atoms with Crippen LogP contribution in [0.4, 0.5) is 13.6 Å². The standard InChI is InChI=1S/C12H21F2NO3/c1-11(2,3)18-10(17)15-6-5-12(13,14)8-9(15)4-7-16/h9,16H,4-8H2,1-3H3/t9-/m1/s1. The third-order valence-electron chi connectivity index (χ3n) is 2.78. The lowest BCUT2D eigenvalue weighted by Gasteiger charge is -2.39. The van der Waals surface area contributed by atoms with E-state index < -0.39 is 30.1 Å². The van der Waals surface area contributed by atoms with Crippen LogP contribution in [-0.4, -0.2) is 46.8 Å². The molecule has 1 heterocycles. The molecule has 0 unspecified atom stereocenters. The van der Waals surface area contributed by atoms with Crippen LogP contribution >= 0.6 is 0 Å². The Morgan fingerprint density at radius 2 is 2.11 bits per heavy atom. The summed E-state index contributed by atoms with van der Waals surface area (Å²) in [5.41, 5.74) is -0.652. The fraction of sp³-hybridized carbons (Fsp3) is 0.917. The van der Waals surface area contributed by atoms with Gasteiger partial charge in [-0.25, -0.2) is 13.6 Å². The number of carbonyl (C=O) groups is 1. The lowest BCUT2D eigenvalue weighted by Crippen LogP contribution is -2.51. The highest BCUT2D eigenvalue weighted by Gasteiger charge is 2.42. The minimum atomic E-state index is -2.77. The lowest BCUT2D eigenvalue weighted by atomic mass is 9.97. The first-order valence-electron chi connectivity index (χ1n) is 6.13. The van der Waals surface area contributed by atoms with Gasteiger partial charge in [0.1, 0.15) is 5.60 Å². The number of rotatable bonds is 2. The number of alkyl halides is 2. The van der Waals surface area contributed by atoms with Gasteiger partial charge in [-0.15, -0.1) is 0 Å². The molecule has 1 saturated heterocycles. The minimum Gasteiger partial charge on any atom is -0.444 e. The molecule has 1 N–H and O–H groups in total. The number of hydrogen-bond acceptors (Lipinski definition) is 3. The average molecular weight is 265 g/mol. The van der Waals surface area contributed by atoms with Crippen molar-refractivity contribution in [1.82, 2.24) is 4.90 Å². The van der Waals surface area contributed by atoms with Crippen LogP contribution < -0.4 is 0 Å². The van der Waals surface area contributed by atoms with Gasteiger partial charge in [-0.1, -0.05) is 0 Å². The molecule has 0 aromatic carbocycles. The zero-order valence-electron chi connectivity index (χ0n) is 11.1. The van der Waals surface area contributed by atoms with Crippen LogP contribution in [0.2, 0.25) is 0 Å². The van der Waals surface area contributed by atoms with E-state index in [1.165, 1.54) is 4.90 Å². The second kappa shape index (κ2) is 5.38. The van der Waals surface area contributed by atoms with Gasteiger partial charge in [-0.2, -0.15) is 0 Å². The van der Waals surface area contributed by atoms with E-state index >= 15 is 0 Å². The summed E-state index contributed by atoms with van der Waals surface area (Å²) in [5, 5.41) is 8.90. The second-order valence-corrected chi connectivity index (χ2v) is 5.65. The van der Waals surface area contributed by atoms with E-state index in [9.17, 15) is 13.6 Å². The molecular formula is C12H21F2NO3. The van der Waals surface area contributed by atoms with Crippen molar-refractivity contribution in [3.05, 3.63) is 0 Å². The van der Waals surface area contributed by atoms with Crippen molar-refractivity contribution in [1.29, 1.82) is 0 Å². The maximum absolute atomic E-state index is 13.3. The predicted octanol–water partition coefficient (Wildman–Crippen LogP) is 2.40. The maximum atomic E-state index is 13.3. The summed E-state index contributed by atoms with van der Waals surface area (Å²) in [4.78, 5) is 13.2. The average Bonchev–Trinajstić information content (AvgIpc) is 2.13. The van der Waals surface area contributed by atoms with E-state index in [4.69, 9.17) is 9.84 Å². The van der Waals surface area contributed by atoms with E-state index in [0.717, 1.165) is 0 Å². The van der Waals surface area contributed by atoms with Gasteiger partial charge in [0, 0.05) is 32.0 Å². The molecule has 18 heavy (non-hydrogen) atoms. The minimum absolute atomic E-state index is 0.0351. The summed E-state index contributed by atoms with van der Waals surface area (Å²) in [5.74, 6) is -2.77. The Hall–Kier alpha value is -0.910. The Labute approximate surface area is 106 Å². The zero-order chi connectivity index (χ0) is 14.0. The van der Waals surface area contributed by atoms with Gasteiger partial charge in [0.15, 0.2) is 0 Å². The van der Waals surface area contributed by atoms with Crippen molar-refractivity contribution in [2.24, 2.45) is 0 Å². The summed E-state index contributed by atoms with van der Waals surface area (Å²) < 4.78 is 31.8. The fourth-order valence-electron chi connectivity index (χ4n) is 1.99. The Morgan fingerprint density at radius 3 is 2.61 bits per heavy atom. The number of likely N-dealkylation sites (tertiary alicyclic amines) is 1. The Morgan fingerprint density at radius 1 is 1.50 bits per heavy atom. The normalized spacial score (nSPS) is 23.9. The summed E-state index contributed by atoms with van der Waals surface area (Å²) in [6.07, 6.45) is -1.20. The molecule has 0 aliphatic carbocycles. The maximum Gasteiger partial charge on any atom is 0.410 e. The highest BCUT2D eigenvalue weighted by Crippen LogP contribution is 2.33. The molecule has 1 aliphatic heterocycles. The molecule has 1 amide bonds.